The molecule has 1 aromatic carbocycles. The number of rotatable bonds is 4. The molecule has 1 aliphatic rings. The van der Waals surface area contributed by atoms with Gasteiger partial charge in [0.25, 0.3) is 5.91 Å². The van der Waals surface area contributed by atoms with E-state index >= 15 is 0 Å². The molecule has 0 spiro atoms. The highest BCUT2D eigenvalue weighted by Gasteiger charge is 2.32. The molecule has 3 rings (SSSR count). The Hall–Kier alpha value is -2.21. The summed E-state index contributed by atoms with van der Waals surface area (Å²) in [5.74, 6) is -0.695. The third-order valence-electron chi connectivity index (χ3n) is 4.51. The van der Waals surface area contributed by atoms with Crippen LogP contribution in [0.1, 0.15) is 40.8 Å². The molecule has 0 aliphatic carbocycles. The van der Waals surface area contributed by atoms with Crippen LogP contribution >= 0.6 is 11.3 Å². The number of thiazole rings is 1. The molecule has 1 aromatic heterocycles. The molecule has 2 amide bonds. The number of hydrogen-bond donors (Lipinski definition) is 1. The summed E-state index contributed by atoms with van der Waals surface area (Å²) in [6.07, 6.45) is 2.26. The van der Waals surface area contributed by atoms with Crippen molar-refractivity contribution >= 4 is 23.2 Å². The molecule has 24 heavy (non-hydrogen) atoms. The van der Waals surface area contributed by atoms with E-state index in [4.69, 9.17) is 5.73 Å². The number of carbonyl (C=O) groups excluding carboxylic acids is 2. The van der Waals surface area contributed by atoms with Crippen LogP contribution in [0.5, 0.6) is 0 Å². The zero-order chi connectivity index (χ0) is 17.1. The minimum atomic E-state index is -0.331. The lowest BCUT2D eigenvalue weighted by molar-refractivity contribution is -0.123. The van der Waals surface area contributed by atoms with Gasteiger partial charge < -0.3 is 10.6 Å². The molecule has 0 bridgehead atoms. The molecule has 1 fully saturated rings. The second-order valence-corrected chi connectivity index (χ2v) is 7.21. The zero-order valence-electron chi connectivity index (χ0n) is 13.6. The van der Waals surface area contributed by atoms with Crippen LogP contribution in [0.4, 0.5) is 0 Å². The summed E-state index contributed by atoms with van der Waals surface area (Å²) < 4.78 is 0. The molecule has 0 unspecified atom stereocenters. The van der Waals surface area contributed by atoms with Crippen molar-refractivity contribution in [3.05, 3.63) is 52.0 Å². The van der Waals surface area contributed by atoms with Gasteiger partial charge >= 0.3 is 0 Å². The lowest BCUT2D eigenvalue weighted by Crippen LogP contribution is -2.48. The van der Waals surface area contributed by atoms with E-state index in [1.54, 1.807) is 10.3 Å². The van der Waals surface area contributed by atoms with Crippen LogP contribution in [-0.4, -0.2) is 34.3 Å². The number of primary amides is 1. The van der Waals surface area contributed by atoms with Crippen LogP contribution in [0.25, 0.3) is 0 Å². The standard InChI is InChI=1S/C18H21N3O2S/c1-12-7-8-14(17(19)22)10-21(12)18(23)15-11-24-16(20-15)9-13-5-3-2-4-6-13/h2-6,11-12,14H,7-10H2,1H3,(H2,19,22)/t12-,14+/m0/s1. The van der Waals surface area contributed by atoms with Gasteiger partial charge in [0.15, 0.2) is 0 Å². The SMILES string of the molecule is C[C@H]1CC[C@@H](C(N)=O)CN1C(=O)c1csc(Cc2ccccc2)n1. The summed E-state index contributed by atoms with van der Waals surface area (Å²) in [4.78, 5) is 30.4. The van der Waals surface area contributed by atoms with Gasteiger partial charge in [0.1, 0.15) is 5.69 Å². The maximum Gasteiger partial charge on any atom is 0.273 e. The summed E-state index contributed by atoms with van der Waals surface area (Å²) in [7, 11) is 0. The van der Waals surface area contributed by atoms with Gasteiger partial charge in [-0.05, 0) is 25.3 Å². The minimum absolute atomic E-state index is 0.104. The van der Waals surface area contributed by atoms with Gasteiger partial charge in [-0.1, -0.05) is 30.3 Å². The smallest absolute Gasteiger partial charge is 0.273 e. The quantitative estimate of drug-likeness (QED) is 0.926. The van der Waals surface area contributed by atoms with Crippen molar-refractivity contribution in [1.29, 1.82) is 0 Å². The predicted molar refractivity (Wildman–Crippen MR) is 93.8 cm³/mol. The predicted octanol–water partition coefficient (Wildman–Crippen LogP) is 2.46. The Balaban J connectivity index is 1.72. The van der Waals surface area contributed by atoms with E-state index < -0.39 is 0 Å². The fraction of sp³-hybridized carbons (Fsp3) is 0.389. The van der Waals surface area contributed by atoms with E-state index in [9.17, 15) is 9.59 Å². The highest BCUT2D eigenvalue weighted by Crippen LogP contribution is 2.24. The van der Waals surface area contributed by atoms with Gasteiger partial charge in [0.05, 0.1) is 10.9 Å². The first-order valence-corrected chi connectivity index (χ1v) is 9.01. The summed E-state index contributed by atoms with van der Waals surface area (Å²) >= 11 is 1.49. The third-order valence-corrected chi connectivity index (χ3v) is 5.36. The molecule has 5 nitrogen and oxygen atoms in total. The van der Waals surface area contributed by atoms with Gasteiger partial charge in [-0.15, -0.1) is 11.3 Å². The number of piperidine rings is 1. The van der Waals surface area contributed by atoms with Crippen molar-refractivity contribution in [3.63, 3.8) is 0 Å². The molecule has 0 radical (unpaired) electrons. The van der Waals surface area contributed by atoms with Crippen molar-refractivity contribution in [1.82, 2.24) is 9.88 Å². The fourth-order valence-electron chi connectivity index (χ4n) is 3.03. The second-order valence-electron chi connectivity index (χ2n) is 6.27. The molecular formula is C18H21N3O2S. The van der Waals surface area contributed by atoms with Crippen molar-refractivity contribution in [2.45, 2.75) is 32.2 Å². The van der Waals surface area contributed by atoms with Gasteiger partial charge in [0.2, 0.25) is 5.91 Å². The van der Waals surface area contributed by atoms with E-state index in [-0.39, 0.29) is 23.8 Å². The van der Waals surface area contributed by atoms with Crippen LogP contribution in [0, 0.1) is 5.92 Å². The summed E-state index contributed by atoms with van der Waals surface area (Å²) in [6, 6.07) is 10.2. The summed E-state index contributed by atoms with van der Waals surface area (Å²) in [5.41, 5.74) is 7.05. The fourth-order valence-corrected chi connectivity index (χ4v) is 3.83. The van der Waals surface area contributed by atoms with Crippen LogP contribution < -0.4 is 5.73 Å². The average Bonchev–Trinajstić information content (AvgIpc) is 3.04. The Kier molecular flexibility index (Phi) is 4.94. The monoisotopic (exact) mass is 343 g/mol. The summed E-state index contributed by atoms with van der Waals surface area (Å²) in [5, 5.41) is 2.72. The number of aromatic nitrogens is 1. The van der Waals surface area contributed by atoms with Crippen molar-refractivity contribution in [2.24, 2.45) is 11.7 Å². The molecule has 2 aromatic rings. The number of nitrogens with zero attached hydrogens (tertiary/aromatic N) is 2. The van der Waals surface area contributed by atoms with Crippen LogP contribution in [-0.2, 0) is 11.2 Å². The zero-order valence-corrected chi connectivity index (χ0v) is 14.5. The Morgan fingerprint density at radius 3 is 2.75 bits per heavy atom. The normalized spacial score (nSPS) is 20.8. The summed E-state index contributed by atoms with van der Waals surface area (Å²) in [6.45, 7) is 2.40. The highest BCUT2D eigenvalue weighted by atomic mass is 32.1. The number of nitrogens with two attached hydrogens (primary N) is 1. The first-order chi connectivity index (χ1) is 11.5. The van der Waals surface area contributed by atoms with Gasteiger partial charge in [0, 0.05) is 24.4 Å². The molecule has 1 saturated heterocycles. The molecule has 126 valence electrons. The third kappa shape index (κ3) is 3.64. The number of hydrogen-bond acceptors (Lipinski definition) is 4. The van der Waals surface area contributed by atoms with E-state index in [0.717, 1.165) is 24.3 Å². The maximum atomic E-state index is 12.8. The molecular weight excluding hydrogens is 322 g/mol. The van der Waals surface area contributed by atoms with E-state index in [1.807, 2.05) is 37.3 Å². The van der Waals surface area contributed by atoms with Crippen molar-refractivity contribution < 1.29 is 9.59 Å². The maximum absolute atomic E-state index is 12.8. The highest BCUT2D eigenvalue weighted by molar-refractivity contribution is 7.09. The number of carbonyl (C=O) groups is 2. The largest absolute Gasteiger partial charge is 0.369 e. The molecule has 1 aliphatic heterocycles. The first kappa shape index (κ1) is 16.6. The minimum Gasteiger partial charge on any atom is -0.369 e. The Labute approximate surface area is 145 Å². The van der Waals surface area contributed by atoms with E-state index in [2.05, 4.69) is 4.98 Å². The van der Waals surface area contributed by atoms with Crippen molar-refractivity contribution in [2.75, 3.05) is 6.54 Å². The van der Waals surface area contributed by atoms with Gasteiger partial charge in [-0.2, -0.15) is 0 Å². The van der Waals surface area contributed by atoms with E-state index in [0.29, 0.717) is 12.2 Å². The molecule has 2 atom stereocenters. The van der Waals surface area contributed by atoms with Crippen molar-refractivity contribution in [3.8, 4) is 0 Å². The second kappa shape index (κ2) is 7.13. The van der Waals surface area contributed by atoms with Crippen LogP contribution in [0.2, 0.25) is 0 Å². The van der Waals surface area contributed by atoms with Gasteiger partial charge in [-0.25, -0.2) is 4.98 Å². The number of amides is 2. The molecule has 2 heterocycles. The lowest BCUT2D eigenvalue weighted by Gasteiger charge is -2.36. The van der Waals surface area contributed by atoms with E-state index in [1.165, 1.54) is 16.9 Å². The van der Waals surface area contributed by atoms with Gasteiger partial charge in [-0.3, -0.25) is 9.59 Å². The molecule has 0 saturated carbocycles. The first-order valence-electron chi connectivity index (χ1n) is 8.13. The molecule has 2 N–H and O–H groups in total. The Morgan fingerprint density at radius 1 is 1.29 bits per heavy atom. The van der Waals surface area contributed by atoms with Crippen LogP contribution in [0.3, 0.4) is 0 Å². The van der Waals surface area contributed by atoms with Crippen LogP contribution in [0.15, 0.2) is 35.7 Å². The average molecular weight is 343 g/mol. The number of likely N-dealkylation sites (tertiary alicyclic amines) is 1. The Bertz CT molecular complexity index is 729. The molecule has 6 heteroatoms. The Morgan fingerprint density at radius 2 is 2.04 bits per heavy atom. The topological polar surface area (TPSA) is 76.3 Å². The number of benzene rings is 1. The lowest BCUT2D eigenvalue weighted by atomic mass is 9.93.